The Balaban J connectivity index is 2.69. The molecular weight excluding hydrogens is 362 g/mol. The number of unbranched alkanes of at least 4 members (excludes halogenated alkanes) is 2. The molecule has 0 spiro atoms. The first kappa shape index (κ1) is 22.0. The van der Waals surface area contributed by atoms with Crippen LogP contribution in [-0.4, -0.2) is 14.9 Å². The van der Waals surface area contributed by atoms with Gasteiger partial charge >= 0.3 is 12.4 Å². The molecule has 0 amide bonds. The molecule has 1 rings (SSSR count). The Morgan fingerprint density at radius 1 is 0.840 bits per heavy atom. The van der Waals surface area contributed by atoms with Gasteiger partial charge in [-0.3, -0.25) is 0 Å². The normalized spacial score (nSPS) is 13.3. The average Bonchev–Trinajstić information content (AvgIpc) is 2.44. The summed E-state index contributed by atoms with van der Waals surface area (Å²) >= 11 is 0. The summed E-state index contributed by atoms with van der Waals surface area (Å²) in [6.07, 6.45) is -7.21. The minimum Gasteiger partial charge on any atom is -0.418 e. The van der Waals surface area contributed by atoms with Crippen LogP contribution >= 0.6 is 0 Å². The molecule has 8 heteroatoms. The van der Waals surface area contributed by atoms with Gasteiger partial charge in [-0.2, -0.15) is 26.3 Å². The fourth-order valence-electron chi connectivity index (χ4n) is 2.68. The van der Waals surface area contributed by atoms with E-state index in [0.29, 0.717) is 13.0 Å². The van der Waals surface area contributed by atoms with Gasteiger partial charge in [0.2, 0.25) is 0 Å². The molecule has 0 saturated heterocycles. The van der Waals surface area contributed by atoms with Crippen molar-refractivity contribution in [3.8, 4) is 0 Å². The quantitative estimate of drug-likeness (QED) is 0.275. The Kier molecular flexibility index (Phi) is 7.55. The lowest BCUT2D eigenvalue weighted by Gasteiger charge is -2.21. The maximum absolute atomic E-state index is 12.8. The van der Waals surface area contributed by atoms with Crippen molar-refractivity contribution in [3.05, 3.63) is 34.9 Å². The molecule has 144 valence electrons. The predicted octanol–water partition coefficient (Wildman–Crippen LogP) is 6.68. The maximum Gasteiger partial charge on any atom is 0.416 e. The topological polar surface area (TPSA) is 9.23 Å². The molecule has 0 atom stereocenters. The first-order valence-electron chi connectivity index (χ1n) is 8.27. The Hall–Kier alpha value is -1.02. The van der Waals surface area contributed by atoms with E-state index < -0.39 is 31.8 Å². The first-order chi connectivity index (χ1) is 11.3. The third kappa shape index (κ3) is 7.81. The molecule has 0 aromatic heterocycles. The van der Waals surface area contributed by atoms with Crippen LogP contribution in [0.25, 0.3) is 0 Å². The summed E-state index contributed by atoms with van der Waals surface area (Å²) in [5, 5.41) is 0. The molecule has 0 N–H and O–H groups in total. The zero-order valence-electron chi connectivity index (χ0n) is 14.7. The largest absolute Gasteiger partial charge is 0.418 e. The number of hydrogen-bond donors (Lipinski definition) is 0. The van der Waals surface area contributed by atoms with Crippen LogP contribution in [0.5, 0.6) is 0 Å². The molecule has 0 fully saturated rings. The van der Waals surface area contributed by atoms with E-state index in [1.807, 2.05) is 6.92 Å². The highest BCUT2D eigenvalue weighted by Gasteiger charge is 2.36. The van der Waals surface area contributed by atoms with E-state index in [1.54, 1.807) is 0 Å². The molecule has 0 aliphatic heterocycles. The molecule has 0 unspecified atom stereocenters. The van der Waals surface area contributed by atoms with Crippen LogP contribution in [0.15, 0.2) is 18.2 Å². The van der Waals surface area contributed by atoms with Gasteiger partial charge in [0, 0.05) is 6.61 Å². The first-order valence-corrected chi connectivity index (χ1v) is 11.4. The number of benzene rings is 1. The highest BCUT2D eigenvalue weighted by molar-refractivity contribution is 6.71. The van der Waals surface area contributed by atoms with Gasteiger partial charge in [-0.1, -0.05) is 12.8 Å². The Labute approximate surface area is 145 Å². The summed E-state index contributed by atoms with van der Waals surface area (Å²) in [6.45, 7) is 6.78. The third-order valence-corrected chi connectivity index (χ3v) is 6.55. The Morgan fingerprint density at radius 3 is 1.80 bits per heavy atom. The van der Waals surface area contributed by atoms with Gasteiger partial charge in [0.05, 0.1) is 11.1 Å². The Morgan fingerprint density at radius 2 is 1.36 bits per heavy atom. The smallest absolute Gasteiger partial charge is 0.416 e. The number of hydrogen-bond acceptors (Lipinski definition) is 1. The van der Waals surface area contributed by atoms with Crippen molar-refractivity contribution < 1.29 is 30.8 Å². The number of alkyl halides is 6. The fourth-order valence-corrected chi connectivity index (χ4v) is 4.71. The van der Waals surface area contributed by atoms with Gasteiger partial charge in [0.15, 0.2) is 8.32 Å². The summed E-state index contributed by atoms with van der Waals surface area (Å²) in [5.74, 6) is 0. The fraction of sp³-hybridized carbons (Fsp3) is 0.647. The van der Waals surface area contributed by atoms with E-state index in [9.17, 15) is 26.3 Å². The van der Waals surface area contributed by atoms with Crippen molar-refractivity contribution in [2.75, 3.05) is 6.61 Å². The van der Waals surface area contributed by atoms with Crippen LogP contribution in [0.2, 0.25) is 19.1 Å². The molecular formula is C17H24F6OSi. The van der Waals surface area contributed by atoms with Gasteiger partial charge in [0.25, 0.3) is 0 Å². The second-order valence-corrected chi connectivity index (χ2v) is 11.0. The van der Waals surface area contributed by atoms with Crippen molar-refractivity contribution in [1.29, 1.82) is 0 Å². The highest BCUT2D eigenvalue weighted by Crippen LogP contribution is 2.36. The zero-order chi connectivity index (χ0) is 19.3. The summed E-state index contributed by atoms with van der Waals surface area (Å²) in [5.41, 5.74) is -2.42. The third-order valence-electron chi connectivity index (χ3n) is 3.93. The molecule has 0 saturated carbocycles. The van der Waals surface area contributed by atoms with E-state index in [-0.39, 0.29) is 18.1 Å². The lowest BCUT2D eigenvalue weighted by molar-refractivity contribution is -0.143. The maximum atomic E-state index is 12.8. The Bertz CT molecular complexity index is 519. The van der Waals surface area contributed by atoms with Crippen molar-refractivity contribution in [2.24, 2.45) is 0 Å². The summed E-state index contributed by atoms with van der Waals surface area (Å²) in [4.78, 5) is 0. The molecule has 0 radical (unpaired) electrons. The lowest BCUT2D eigenvalue weighted by atomic mass is 10.0. The minimum absolute atomic E-state index is 0.0727. The second-order valence-electron chi connectivity index (χ2n) is 6.67. The standard InChI is InChI=1S/C17H24F6OSi/c1-4-24-25(2,3)9-7-5-6-8-13-10-14(16(18,19)20)12-15(11-13)17(21,22)23/h10-12H,4-9H2,1-3H3. The average molecular weight is 386 g/mol. The van der Waals surface area contributed by atoms with Crippen molar-refractivity contribution >= 4 is 8.32 Å². The molecule has 1 aromatic rings. The van der Waals surface area contributed by atoms with E-state index in [0.717, 1.165) is 31.0 Å². The minimum atomic E-state index is -4.79. The van der Waals surface area contributed by atoms with Crippen LogP contribution in [0.3, 0.4) is 0 Å². The van der Waals surface area contributed by atoms with Gasteiger partial charge in [-0.15, -0.1) is 0 Å². The molecule has 0 heterocycles. The summed E-state index contributed by atoms with van der Waals surface area (Å²) in [6, 6.07) is 2.72. The predicted molar refractivity (Wildman–Crippen MR) is 87.9 cm³/mol. The van der Waals surface area contributed by atoms with Gasteiger partial charge in [-0.05, 0) is 62.7 Å². The van der Waals surface area contributed by atoms with E-state index in [1.165, 1.54) is 0 Å². The van der Waals surface area contributed by atoms with Crippen molar-refractivity contribution in [2.45, 2.75) is 64.1 Å². The molecule has 0 aliphatic rings. The summed E-state index contributed by atoms with van der Waals surface area (Å²) < 4.78 is 82.5. The summed E-state index contributed by atoms with van der Waals surface area (Å²) in [7, 11) is -1.70. The number of rotatable bonds is 8. The second kappa shape index (κ2) is 8.57. The highest BCUT2D eigenvalue weighted by atomic mass is 28.4. The van der Waals surface area contributed by atoms with E-state index in [4.69, 9.17) is 4.43 Å². The number of halogens is 6. The number of aryl methyl sites for hydroxylation is 1. The van der Waals surface area contributed by atoms with Crippen LogP contribution in [0.4, 0.5) is 26.3 Å². The monoisotopic (exact) mass is 386 g/mol. The molecule has 0 bridgehead atoms. The van der Waals surface area contributed by atoms with Gasteiger partial charge in [-0.25, -0.2) is 0 Å². The SMILES string of the molecule is CCO[Si](C)(C)CCCCCc1cc(C(F)(F)F)cc(C(F)(F)F)c1. The van der Waals surface area contributed by atoms with Gasteiger partial charge in [0.1, 0.15) is 0 Å². The molecule has 1 nitrogen and oxygen atoms in total. The van der Waals surface area contributed by atoms with Crippen LogP contribution in [0.1, 0.15) is 42.9 Å². The molecule has 25 heavy (non-hydrogen) atoms. The molecule has 0 aliphatic carbocycles. The van der Waals surface area contributed by atoms with Gasteiger partial charge < -0.3 is 4.43 Å². The van der Waals surface area contributed by atoms with Crippen LogP contribution in [0, 0.1) is 0 Å². The van der Waals surface area contributed by atoms with Crippen molar-refractivity contribution in [3.63, 3.8) is 0 Å². The van der Waals surface area contributed by atoms with Crippen LogP contribution < -0.4 is 0 Å². The molecule has 1 aromatic carbocycles. The zero-order valence-corrected chi connectivity index (χ0v) is 15.7. The van der Waals surface area contributed by atoms with E-state index >= 15 is 0 Å². The van der Waals surface area contributed by atoms with Crippen LogP contribution in [-0.2, 0) is 23.2 Å². The lowest BCUT2D eigenvalue weighted by Crippen LogP contribution is -2.29. The van der Waals surface area contributed by atoms with Crippen molar-refractivity contribution in [1.82, 2.24) is 0 Å². The van der Waals surface area contributed by atoms with E-state index in [2.05, 4.69) is 13.1 Å².